The Kier molecular flexibility index (Phi) is 6.45. The van der Waals surface area contributed by atoms with Crippen LogP contribution in [-0.4, -0.2) is 23.6 Å². The molecule has 0 bridgehead atoms. The van der Waals surface area contributed by atoms with Gasteiger partial charge in [0.2, 0.25) is 5.91 Å². The maximum atomic E-state index is 11.7. The zero-order valence-electron chi connectivity index (χ0n) is 11.3. The minimum Gasteiger partial charge on any atom is -0.389 e. The first-order valence-corrected chi connectivity index (χ1v) is 6.75. The molecule has 4 nitrogen and oxygen atoms in total. The van der Waals surface area contributed by atoms with Crippen molar-refractivity contribution in [3.8, 4) is 0 Å². The van der Waals surface area contributed by atoms with Gasteiger partial charge in [-0.25, -0.2) is 0 Å². The van der Waals surface area contributed by atoms with Gasteiger partial charge in [0, 0.05) is 11.3 Å². The first kappa shape index (κ1) is 15.6. The number of nitrogens with one attached hydrogen (secondary N) is 1. The Hall–Kier alpha value is -1.46. The summed E-state index contributed by atoms with van der Waals surface area (Å²) in [6, 6.07) is 7.13. The minimum absolute atomic E-state index is 0.0635. The fraction of sp³-hybridized carbons (Fsp3) is 0.429. The summed E-state index contributed by atoms with van der Waals surface area (Å²) in [5.74, 6) is -0.0635. The number of amides is 1. The molecule has 0 heterocycles. The molecular weight excluding hydrogens is 260 g/mol. The van der Waals surface area contributed by atoms with Crippen LogP contribution in [0.1, 0.15) is 32.3 Å². The number of hydrogen-bond acceptors (Lipinski definition) is 3. The van der Waals surface area contributed by atoms with Crippen LogP contribution in [0.5, 0.6) is 0 Å². The van der Waals surface area contributed by atoms with Crippen LogP contribution in [-0.2, 0) is 9.53 Å². The van der Waals surface area contributed by atoms with Gasteiger partial charge in [-0.2, -0.15) is 0 Å². The Labute approximate surface area is 119 Å². The Balaban J connectivity index is 2.38. The van der Waals surface area contributed by atoms with Gasteiger partial charge in [0.15, 0.2) is 0 Å². The average molecular weight is 280 g/mol. The Bertz CT molecular complexity index is 432. The van der Waals surface area contributed by atoms with Crippen molar-refractivity contribution in [1.29, 1.82) is 0 Å². The van der Waals surface area contributed by atoms with Crippen molar-refractivity contribution < 1.29 is 9.53 Å². The first-order chi connectivity index (χ1) is 9.02. The Morgan fingerprint density at radius 2 is 2.05 bits per heavy atom. The predicted octanol–water partition coefficient (Wildman–Crippen LogP) is 2.46. The zero-order valence-corrected chi connectivity index (χ0v) is 12.1. The van der Waals surface area contributed by atoms with Gasteiger partial charge in [0.1, 0.15) is 4.99 Å². The van der Waals surface area contributed by atoms with Gasteiger partial charge in [0.05, 0.1) is 19.1 Å². The minimum atomic E-state index is -0.0635. The molecule has 0 aliphatic heterocycles. The highest BCUT2D eigenvalue weighted by atomic mass is 32.1. The largest absolute Gasteiger partial charge is 0.389 e. The van der Waals surface area contributed by atoms with E-state index in [0.29, 0.717) is 18.0 Å². The molecular formula is C14H20N2O2S. The molecule has 1 atom stereocenters. The summed E-state index contributed by atoms with van der Waals surface area (Å²) in [5, 5.41) is 2.80. The fourth-order valence-electron chi connectivity index (χ4n) is 1.41. The lowest BCUT2D eigenvalue weighted by molar-refractivity contribution is -0.117. The molecule has 1 unspecified atom stereocenters. The lowest BCUT2D eigenvalue weighted by Gasteiger charge is -2.10. The molecule has 1 aromatic carbocycles. The predicted molar refractivity (Wildman–Crippen MR) is 81.3 cm³/mol. The van der Waals surface area contributed by atoms with Crippen LogP contribution in [0, 0.1) is 0 Å². The number of thiocarbonyl (C=S) groups is 1. The van der Waals surface area contributed by atoms with Gasteiger partial charge < -0.3 is 15.8 Å². The van der Waals surface area contributed by atoms with Gasteiger partial charge in [-0.05, 0) is 37.6 Å². The van der Waals surface area contributed by atoms with Crippen molar-refractivity contribution in [3.05, 3.63) is 29.8 Å². The van der Waals surface area contributed by atoms with E-state index in [1.165, 1.54) is 0 Å². The second-order valence-electron chi connectivity index (χ2n) is 4.33. The number of carbonyl (C=O) groups excluding carboxylic acids is 1. The maximum absolute atomic E-state index is 11.7. The molecule has 0 fully saturated rings. The summed E-state index contributed by atoms with van der Waals surface area (Å²) >= 11 is 4.86. The molecule has 104 valence electrons. The molecule has 1 rings (SSSR count). The standard InChI is InChI=1S/C14H20N2O2S/c1-3-10(2)18-9-8-13(17)16-12-6-4-11(5-7-12)14(15)19/h4-7,10H,3,8-9H2,1-2H3,(H2,15,19)(H,16,17). The first-order valence-electron chi connectivity index (χ1n) is 6.34. The molecule has 0 spiro atoms. The SMILES string of the molecule is CCC(C)OCCC(=O)Nc1ccc(C(N)=S)cc1. The van der Waals surface area contributed by atoms with Crippen LogP contribution < -0.4 is 11.1 Å². The smallest absolute Gasteiger partial charge is 0.226 e. The van der Waals surface area contributed by atoms with E-state index in [1.54, 1.807) is 24.3 Å². The van der Waals surface area contributed by atoms with Crippen molar-refractivity contribution in [2.45, 2.75) is 32.8 Å². The summed E-state index contributed by atoms with van der Waals surface area (Å²) in [6.45, 7) is 4.48. The lowest BCUT2D eigenvalue weighted by Crippen LogP contribution is -2.16. The van der Waals surface area contributed by atoms with Crippen molar-refractivity contribution in [1.82, 2.24) is 0 Å². The van der Waals surface area contributed by atoms with Crippen LogP contribution >= 0.6 is 12.2 Å². The average Bonchev–Trinajstić information content (AvgIpc) is 2.39. The molecule has 1 aromatic rings. The van der Waals surface area contributed by atoms with Crippen molar-refractivity contribution in [2.75, 3.05) is 11.9 Å². The number of carbonyl (C=O) groups is 1. The van der Waals surface area contributed by atoms with E-state index in [1.807, 2.05) is 13.8 Å². The quantitative estimate of drug-likeness (QED) is 0.753. The molecule has 1 amide bonds. The van der Waals surface area contributed by atoms with E-state index >= 15 is 0 Å². The topological polar surface area (TPSA) is 64.3 Å². The molecule has 3 N–H and O–H groups in total. The van der Waals surface area contributed by atoms with E-state index in [-0.39, 0.29) is 12.0 Å². The number of hydrogen-bond donors (Lipinski definition) is 2. The third-order valence-electron chi connectivity index (χ3n) is 2.76. The highest BCUT2D eigenvalue weighted by Gasteiger charge is 2.05. The van der Waals surface area contributed by atoms with Crippen molar-refractivity contribution in [3.63, 3.8) is 0 Å². The van der Waals surface area contributed by atoms with Crippen molar-refractivity contribution in [2.24, 2.45) is 5.73 Å². The number of ether oxygens (including phenoxy) is 1. The molecule has 0 radical (unpaired) electrons. The summed E-state index contributed by atoms with van der Waals surface area (Å²) in [5.41, 5.74) is 7.02. The summed E-state index contributed by atoms with van der Waals surface area (Å²) in [7, 11) is 0. The van der Waals surface area contributed by atoms with Crippen LogP contribution in [0.15, 0.2) is 24.3 Å². The molecule has 0 aliphatic carbocycles. The fourth-order valence-corrected chi connectivity index (χ4v) is 1.55. The van der Waals surface area contributed by atoms with Crippen LogP contribution in [0.2, 0.25) is 0 Å². The Morgan fingerprint density at radius 3 is 2.58 bits per heavy atom. The van der Waals surface area contributed by atoms with Gasteiger partial charge in [-0.1, -0.05) is 19.1 Å². The summed E-state index contributed by atoms with van der Waals surface area (Å²) in [6.07, 6.45) is 1.49. The number of anilines is 1. The monoisotopic (exact) mass is 280 g/mol. The van der Waals surface area contributed by atoms with Gasteiger partial charge >= 0.3 is 0 Å². The second kappa shape index (κ2) is 7.86. The lowest BCUT2D eigenvalue weighted by atomic mass is 10.2. The summed E-state index contributed by atoms with van der Waals surface area (Å²) in [4.78, 5) is 12.0. The normalized spacial score (nSPS) is 11.9. The number of rotatable bonds is 7. The van der Waals surface area contributed by atoms with E-state index in [2.05, 4.69) is 5.32 Å². The Morgan fingerprint density at radius 1 is 1.42 bits per heavy atom. The molecule has 0 saturated carbocycles. The van der Waals surface area contributed by atoms with Gasteiger partial charge in [-0.3, -0.25) is 4.79 Å². The van der Waals surface area contributed by atoms with E-state index in [0.717, 1.165) is 17.7 Å². The van der Waals surface area contributed by atoms with Crippen LogP contribution in [0.25, 0.3) is 0 Å². The van der Waals surface area contributed by atoms with Gasteiger partial charge in [0.25, 0.3) is 0 Å². The molecule has 19 heavy (non-hydrogen) atoms. The maximum Gasteiger partial charge on any atom is 0.226 e. The second-order valence-corrected chi connectivity index (χ2v) is 4.77. The van der Waals surface area contributed by atoms with E-state index < -0.39 is 0 Å². The van der Waals surface area contributed by atoms with E-state index in [9.17, 15) is 4.79 Å². The molecule has 0 aliphatic rings. The molecule has 5 heteroatoms. The third-order valence-corrected chi connectivity index (χ3v) is 3.00. The molecule has 0 saturated heterocycles. The van der Waals surface area contributed by atoms with Gasteiger partial charge in [-0.15, -0.1) is 0 Å². The zero-order chi connectivity index (χ0) is 14.3. The van der Waals surface area contributed by atoms with Crippen LogP contribution in [0.3, 0.4) is 0 Å². The highest BCUT2D eigenvalue weighted by molar-refractivity contribution is 7.80. The third kappa shape index (κ3) is 5.81. The van der Waals surface area contributed by atoms with Crippen molar-refractivity contribution >= 4 is 28.8 Å². The van der Waals surface area contributed by atoms with Crippen LogP contribution in [0.4, 0.5) is 5.69 Å². The summed E-state index contributed by atoms with van der Waals surface area (Å²) < 4.78 is 5.46. The van der Waals surface area contributed by atoms with E-state index in [4.69, 9.17) is 22.7 Å². The number of nitrogens with two attached hydrogens (primary N) is 1. The number of benzene rings is 1. The molecule has 0 aromatic heterocycles. The highest BCUT2D eigenvalue weighted by Crippen LogP contribution is 2.10.